The molecule has 16 heteroatoms. The van der Waals surface area contributed by atoms with E-state index in [2.05, 4.69) is 0 Å². The van der Waals surface area contributed by atoms with E-state index in [0.717, 1.165) is 0 Å². The van der Waals surface area contributed by atoms with Crippen LogP contribution in [0.2, 0.25) is 17.5 Å². The van der Waals surface area contributed by atoms with Crippen LogP contribution >= 0.6 is 15.6 Å². The molecule has 0 aromatic rings. The van der Waals surface area contributed by atoms with Crippen LogP contribution in [-0.4, -0.2) is 96.9 Å². The van der Waals surface area contributed by atoms with Crippen molar-refractivity contribution >= 4 is 39.2 Å². The van der Waals surface area contributed by atoms with Crippen molar-refractivity contribution in [2.24, 2.45) is 5.92 Å². The molecule has 11 nitrogen and oxygen atoms in total. The normalized spacial score (nSPS) is 42.5. The molecule has 3 fully saturated rings. The quantitative estimate of drug-likeness (QED) is 0.315. The van der Waals surface area contributed by atoms with E-state index < -0.39 is 64.4 Å². The molecular weight excluding hydrogens is 499 g/mol. The van der Waals surface area contributed by atoms with Gasteiger partial charge in [0.1, 0.15) is 6.10 Å². The van der Waals surface area contributed by atoms with Gasteiger partial charge in [0.15, 0.2) is 0 Å². The van der Waals surface area contributed by atoms with Gasteiger partial charge in [0.25, 0.3) is 0 Å². The van der Waals surface area contributed by atoms with Crippen molar-refractivity contribution in [2.45, 2.75) is 81.1 Å². The molecule has 11 unspecified atom stereocenters. The van der Waals surface area contributed by atoms with Crippen molar-refractivity contribution in [2.75, 3.05) is 33.0 Å². The zero-order chi connectivity index (χ0) is 26.5. The van der Waals surface area contributed by atoms with E-state index in [0.29, 0.717) is 13.0 Å². The molecule has 3 rings (SSSR count). The second kappa shape index (κ2) is 12.9. The standard InChI is InChI=1S/C19H33B3O11P2/c1-11-3-13(20)7-28-18(11)9-30-35(25,26)33-17-5-15(22)8-29-19(17)10-31-34(23,24)32-16-4-14(21)6-27-12(16)2/h11-19H,3-10H2,1-2H3,(H,23,24)(H,25,26)/i2D. The first-order chi connectivity index (χ1) is 16.9. The lowest BCUT2D eigenvalue weighted by Gasteiger charge is -2.37. The van der Waals surface area contributed by atoms with E-state index in [1.165, 1.54) is 0 Å². The van der Waals surface area contributed by atoms with E-state index in [1.54, 1.807) is 0 Å². The summed E-state index contributed by atoms with van der Waals surface area (Å²) in [5, 5.41) is 0. The number of hydrogen-bond acceptors (Lipinski definition) is 9. The van der Waals surface area contributed by atoms with E-state index >= 15 is 0 Å². The second-order valence-corrected chi connectivity index (χ2v) is 12.2. The van der Waals surface area contributed by atoms with Crippen LogP contribution in [0.1, 0.15) is 34.5 Å². The van der Waals surface area contributed by atoms with E-state index in [1.807, 2.05) is 6.92 Å². The Morgan fingerprint density at radius 2 is 1.31 bits per heavy atom. The van der Waals surface area contributed by atoms with Crippen LogP contribution in [0.3, 0.4) is 0 Å². The van der Waals surface area contributed by atoms with Gasteiger partial charge in [-0.2, -0.15) is 0 Å². The molecule has 3 heterocycles. The first-order valence-corrected chi connectivity index (χ1v) is 14.6. The minimum atomic E-state index is -4.62. The third-order valence-corrected chi connectivity index (χ3v) is 8.15. The van der Waals surface area contributed by atoms with Gasteiger partial charge in [-0.3, -0.25) is 18.1 Å². The summed E-state index contributed by atoms with van der Waals surface area (Å²) in [6.45, 7) is 1.69. The molecular formula is C19H33B3O11P2. The van der Waals surface area contributed by atoms with Gasteiger partial charge in [-0.05, 0) is 25.7 Å². The predicted molar refractivity (Wildman–Crippen MR) is 128 cm³/mol. The van der Waals surface area contributed by atoms with E-state index in [-0.39, 0.29) is 51.3 Å². The van der Waals surface area contributed by atoms with Crippen molar-refractivity contribution in [3.8, 4) is 0 Å². The number of phosphoric ester groups is 2. The summed E-state index contributed by atoms with van der Waals surface area (Å²) < 4.78 is 70.0. The van der Waals surface area contributed by atoms with Gasteiger partial charge in [0.2, 0.25) is 0 Å². The number of rotatable bonds is 10. The smallest absolute Gasteiger partial charge is 0.376 e. The average molecular weight is 533 g/mol. The van der Waals surface area contributed by atoms with Gasteiger partial charge in [-0.15, -0.1) is 0 Å². The molecule has 6 radical (unpaired) electrons. The maximum absolute atomic E-state index is 12.6. The molecule has 194 valence electrons. The van der Waals surface area contributed by atoms with Crippen LogP contribution in [0.5, 0.6) is 0 Å². The van der Waals surface area contributed by atoms with Crippen molar-refractivity contribution < 1.29 is 52.6 Å². The summed E-state index contributed by atoms with van der Waals surface area (Å²) in [5.74, 6) is -0.970. The van der Waals surface area contributed by atoms with Gasteiger partial charge < -0.3 is 24.0 Å². The summed E-state index contributed by atoms with van der Waals surface area (Å²) in [6, 6.07) is 0. The van der Waals surface area contributed by atoms with Crippen molar-refractivity contribution in [3.05, 3.63) is 0 Å². The highest BCUT2D eigenvalue weighted by molar-refractivity contribution is 7.47. The Labute approximate surface area is 212 Å². The molecule has 3 aliphatic heterocycles. The summed E-state index contributed by atoms with van der Waals surface area (Å²) in [4.78, 5) is 20.5. The fraction of sp³-hybridized carbons (Fsp3) is 1.00. The summed E-state index contributed by atoms with van der Waals surface area (Å²) in [7, 11) is 8.42. The molecule has 0 amide bonds. The van der Waals surface area contributed by atoms with Crippen LogP contribution in [0.25, 0.3) is 0 Å². The molecule has 0 aromatic carbocycles. The predicted octanol–water partition coefficient (Wildman–Crippen LogP) is 1.88. The van der Waals surface area contributed by atoms with Crippen LogP contribution in [0.15, 0.2) is 0 Å². The zero-order valence-electron chi connectivity index (χ0n) is 20.8. The Kier molecular flexibility index (Phi) is 10.4. The maximum Gasteiger partial charge on any atom is 0.472 e. The highest BCUT2D eigenvalue weighted by Gasteiger charge is 2.40. The molecule has 0 aromatic heterocycles. The van der Waals surface area contributed by atoms with Gasteiger partial charge in [-0.25, -0.2) is 9.13 Å². The van der Waals surface area contributed by atoms with Crippen LogP contribution in [0.4, 0.5) is 0 Å². The van der Waals surface area contributed by atoms with Gasteiger partial charge >= 0.3 is 15.6 Å². The Balaban J connectivity index is 1.53. The first-order valence-electron chi connectivity index (χ1n) is 12.3. The Hall–Kier alpha value is 0.295. The van der Waals surface area contributed by atoms with E-state index in [9.17, 15) is 18.9 Å². The highest BCUT2D eigenvalue weighted by atomic mass is 31.2. The second-order valence-electron chi connectivity index (χ2n) is 9.40. The fourth-order valence-electron chi connectivity index (χ4n) is 4.18. The Morgan fingerprint density at radius 3 is 1.91 bits per heavy atom. The van der Waals surface area contributed by atoms with Crippen molar-refractivity contribution in [1.82, 2.24) is 0 Å². The van der Waals surface area contributed by atoms with Gasteiger partial charge in [0.05, 0.1) is 61.2 Å². The minimum absolute atomic E-state index is 0.0267. The third kappa shape index (κ3) is 9.52. The summed E-state index contributed by atoms with van der Waals surface area (Å²) in [5.41, 5.74) is 0. The lowest BCUT2D eigenvalue weighted by atomic mass is 9.77. The molecule has 2 N–H and O–H groups in total. The minimum Gasteiger partial charge on any atom is -0.376 e. The first kappa shape index (κ1) is 28.3. The Bertz CT molecular complexity index is 802. The highest BCUT2D eigenvalue weighted by Crippen LogP contribution is 2.50. The van der Waals surface area contributed by atoms with Crippen molar-refractivity contribution in [1.29, 1.82) is 0 Å². The molecule has 35 heavy (non-hydrogen) atoms. The lowest BCUT2D eigenvalue weighted by molar-refractivity contribution is -0.101. The Morgan fingerprint density at radius 1 is 0.829 bits per heavy atom. The lowest BCUT2D eigenvalue weighted by Crippen LogP contribution is -2.41. The number of phosphoric acid groups is 2. The summed E-state index contributed by atoms with van der Waals surface area (Å²) >= 11 is 0. The molecule has 0 aliphatic carbocycles. The largest absolute Gasteiger partial charge is 0.472 e. The van der Waals surface area contributed by atoms with Gasteiger partial charge in [-0.1, -0.05) is 30.8 Å². The fourth-order valence-corrected chi connectivity index (χ4v) is 6.10. The summed E-state index contributed by atoms with van der Waals surface area (Å²) in [6.07, 6.45) is -3.07. The number of hydrogen-bond donors (Lipinski definition) is 2. The molecule has 3 aliphatic rings. The monoisotopic (exact) mass is 533 g/mol. The molecule has 0 saturated carbocycles. The number of ether oxygens (including phenoxy) is 3. The third-order valence-electron chi connectivity index (χ3n) is 6.12. The molecule has 11 atom stereocenters. The van der Waals surface area contributed by atoms with Crippen LogP contribution in [0, 0.1) is 5.92 Å². The zero-order valence-corrected chi connectivity index (χ0v) is 21.5. The molecule has 0 spiro atoms. The van der Waals surface area contributed by atoms with Crippen LogP contribution in [-0.2, 0) is 41.4 Å². The van der Waals surface area contributed by atoms with E-state index in [4.69, 9.17) is 57.2 Å². The van der Waals surface area contributed by atoms with Crippen LogP contribution < -0.4 is 0 Å². The SMILES string of the molecule is [2H]CC1OCC([B])CC1OP(=O)(O)OCC1OCC([B])CC1OP(=O)(O)OCC1OCC([B])CC1C. The topological polar surface area (TPSA) is 139 Å². The van der Waals surface area contributed by atoms with Gasteiger partial charge in [0, 0.05) is 21.2 Å². The molecule has 0 bridgehead atoms. The van der Waals surface area contributed by atoms with Crippen molar-refractivity contribution in [3.63, 3.8) is 0 Å². The average Bonchev–Trinajstić information content (AvgIpc) is 2.77. The molecule has 3 saturated heterocycles. The maximum atomic E-state index is 12.6.